The molecule has 1 atom stereocenters. The zero-order chi connectivity index (χ0) is 23.3. The standard InChI is InChI=1S/C27H24N4O2S/c1-33-17-23-29-26(25-21(18-34-27(25)30-23)19-10-4-2-5-11-19)28-22(20-12-6-3-7-13-20)16-31-15-9-8-14-24(31)32/h2-15,18,22H,16-17H2,1H3,(H,28,29,30). The van der Waals surface area contributed by atoms with E-state index in [9.17, 15) is 4.79 Å². The molecule has 170 valence electrons. The molecule has 0 radical (unpaired) electrons. The van der Waals surface area contributed by atoms with Crippen LogP contribution in [-0.4, -0.2) is 21.6 Å². The summed E-state index contributed by atoms with van der Waals surface area (Å²) in [7, 11) is 1.64. The summed E-state index contributed by atoms with van der Waals surface area (Å²) < 4.78 is 7.04. The minimum Gasteiger partial charge on any atom is -0.377 e. The fourth-order valence-corrected chi connectivity index (χ4v) is 4.97. The van der Waals surface area contributed by atoms with Crippen molar-refractivity contribution in [1.29, 1.82) is 0 Å². The zero-order valence-electron chi connectivity index (χ0n) is 18.7. The lowest BCUT2D eigenvalue weighted by molar-refractivity contribution is 0.178. The third-order valence-electron chi connectivity index (χ3n) is 5.63. The summed E-state index contributed by atoms with van der Waals surface area (Å²) in [4.78, 5) is 23.0. The number of hydrogen-bond donors (Lipinski definition) is 1. The fraction of sp³-hybridized carbons (Fsp3) is 0.148. The minimum absolute atomic E-state index is 0.0429. The van der Waals surface area contributed by atoms with Crippen molar-refractivity contribution in [1.82, 2.24) is 14.5 Å². The second-order valence-electron chi connectivity index (χ2n) is 7.92. The molecule has 5 rings (SSSR count). The maximum absolute atomic E-state index is 12.5. The number of hydrogen-bond acceptors (Lipinski definition) is 6. The predicted molar refractivity (Wildman–Crippen MR) is 137 cm³/mol. The van der Waals surface area contributed by atoms with Gasteiger partial charge in [0, 0.05) is 30.3 Å². The Morgan fingerprint density at radius 3 is 2.44 bits per heavy atom. The van der Waals surface area contributed by atoms with E-state index in [1.54, 1.807) is 35.1 Å². The molecule has 1 N–H and O–H groups in total. The fourth-order valence-electron chi connectivity index (χ4n) is 4.01. The molecule has 6 nitrogen and oxygen atoms in total. The summed E-state index contributed by atoms with van der Waals surface area (Å²) in [5, 5.41) is 6.74. The topological polar surface area (TPSA) is 69.0 Å². The first-order valence-corrected chi connectivity index (χ1v) is 11.9. The highest BCUT2D eigenvalue weighted by Gasteiger charge is 2.20. The van der Waals surface area contributed by atoms with Crippen molar-refractivity contribution in [3.8, 4) is 11.1 Å². The molecule has 0 saturated carbocycles. The number of pyridine rings is 1. The summed E-state index contributed by atoms with van der Waals surface area (Å²) in [6.45, 7) is 0.775. The van der Waals surface area contributed by atoms with Crippen molar-refractivity contribution < 1.29 is 4.74 Å². The molecule has 0 aliphatic carbocycles. The van der Waals surface area contributed by atoms with Gasteiger partial charge in [0.25, 0.3) is 5.56 Å². The van der Waals surface area contributed by atoms with E-state index in [1.165, 1.54) is 0 Å². The van der Waals surface area contributed by atoms with Gasteiger partial charge in [-0.1, -0.05) is 66.7 Å². The largest absolute Gasteiger partial charge is 0.377 e. The Morgan fingerprint density at radius 1 is 0.971 bits per heavy atom. The first-order chi connectivity index (χ1) is 16.7. The molecule has 5 aromatic rings. The molecule has 0 amide bonds. The molecule has 0 fully saturated rings. The molecule has 3 aromatic heterocycles. The van der Waals surface area contributed by atoms with Crippen molar-refractivity contribution in [2.24, 2.45) is 0 Å². The van der Waals surface area contributed by atoms with E-state index in [4.69, 9.17) is 14.7 Å². The lowest BCUT2D eigenvalue weighted by Gasteiger charge is -2.22. The first-order valence-electron chi connectivity index (χ1n) is 11.0. The molecule has 1 unspecified atom stereocenters. The summed E-state index contributed by atoms with van der Waals surface area (Å²) in [5.41, 5.74) is 3.21. The molecule has 0 spiro atoms. The van der Waals surface area contributed by atoms with E-state index in [0.717, 1.165) is 32.7 Å². The Labute approximate surface area is 201 Å². The molecule has 7 heteroatoms. The van der Waals surface area contributed by atoms with Gasteiger partial charge in [0.2, 0.25) is 0 Å². The maximum Gasteiger partial charge on any atom is 0.250 e. The summed E-state index contributed by atoms with van der Waals surface area (Å²) in [6.07, 6.45) is 1.81. The van der Waals surface area contributed by atoms with E-state index in [-0.39, 0.29) is 11.6 Å². The number of fused-ring (bicyclic) bond motifs is 1. The molecule has 0 saturated heterocycles. The van der Waals surface area contributed by atoms with Gasteiger partial charge in [-0.15, -0.1) is 11.3 Å². The third-order valence-corrected chi connectivity index (χ3v) is 6.50. The second-order valence-corrected chi connectivity index (χ2v) is 8.77. The number of methoxy groups -OCH3 is 1. The van der Waals surface area contributed by atoms with Crippen LogP contribution in [0.15, 0.2) is 95.2 Å². The number of ether oxygens (including phenoxy) is 1. The molecule has 2 aromatic carbocycles. The Bertz CT molecular complexity index is 1450. The smallest absolute Gasteiger partial charge is 0.250 e. The van der Waals surface area contributed by atoms with E-state index in [0.29, 0.717) is 19.0 Å². The SMILES string of the molecule is COCc1nc(NC(Cn2ccccc2=O)c2ccccc2)c2c(-c3ccccc3)csc2n1. The average Bonchev–Trinajstić information content (AvgIpc) is 3.30. The normalized spacial score (nSPS) is 12.0. The van der Waals surface area contributed by atoms with Crippen molar-refractivity contribution >= 4 is 27.4 Å². The van der Waals surface area contributed by atoms with E-state index in [2.05, 4.69) is 35.0 Å². The average molecular weight is 469 g/mol. The van der Waals surface area contributed by atoms with Gasteiger partial charge in [0.1, 0.15) is 17.3 Å². The van der Waals surface area contributed by atoms with Crippen molar-refractivity contribution in [2.45, 2.75) is 19.2 Å². The van der Waals surface area contributed by atoms with E-state index < -0.39 is 0 Å². The third kappa shape index (κ3) is 4.62. The van der Waals surface area contributed by atoms with Gasteiger partial charge in [-0.05, 0) is 17.2 Å². The number of benzene rings is 2. The van der Waals surface area contributed by atoms with E-state index >= 15 is 0 Å². The van der Waals surface area contributed by atoms with Crippen molar-refractivity contribution in [3.05, 3.63) is 112 Å². The number of thiophene rings is 1. The van der Waals surface area contributed by atoms with Crippen LogP contribution in [0.1, 0.15) is 17.4 Å². The highest BCUT2D eigenvalue weighted by Crippen LogP contribution is 2.38. The summed E-state index contributed by atoms with van der Waals surface area (Å²) in [5.74, 6) is 1.35. The Kier molecular flexibility index (Phi) is 6.46. The lowest BCUT2D eigenvalue weighted by atomic mass is 10.0. The molecular weight excluding hydrogens is 444 g/mol. The van der Waals surface area contributed by atoms with Gasteiger partial charge in [-0.2, -0.15) is 0 Å². The van der Waals surface area contributed by atoms with Crippen LogP contribution in [0.4, 0.5) is 5.82 Å². The first kappa shape index (κ1) is 22.0. The number of nitrogens with one attached hydrogen (secondary N) is 1. The van der Waals surface area contributed by atoms with E-state index in [1.807, 2.05) is 48.7 Å². The maximum atomic E-state index is 12.5. The molecular formula is C27H24N4O2S. The van der Waals surface area contributed by atoms with Gasteiger partial charge in [-0.25, -0.2) is 9.97 Å². The minimum atomic E-state index is -0.182. The van der Waals surface area contributed by atoms with Crippen LogP contribution in [0.5, 0.6) is 0 Å². The Morgan fingerprint density at radius 2 is 1.71 bits per heavy atom. The van der Waals surface area contributed by atoms with Gasteiger partial charge >= 0.3 is 0 Å². The number of anilines is 1. The summed E-state index contributed by atoms with van der Waals surface area (Å²) in [6, 6.07) is 25.4. The lowest BCUT2D eigenvalue weighted by Crippen LogP contribution is -2.25. The molecule has 3 heterocycles. The number of rotatable bonds is 8. The van der Waals surface area contributed by atoms with Crippen LogP contribution in [-0.2, 0) is 17.9 Å². The van der Waals surface area contributed by atoms with Crippen LogP contribution in [0, 0.1) is 0 Å². The quantitative estimate of drug-likeness (QED) is 0.325. The van der Waals surface area contributed by atoms with Gasteiger partial charge in [-0.3, -0.25) is 4.79 Å². The highest BCUT2D eigenvalue weighted by molar-refractivity contribution is 7.17. The van der Waals surface area contributed by atoms with Crippen molar-refractivity contribution in [3.63, 3.8) is 0 Å². The van der Waals surface area contributed by atoms with Crippen LogP contribution in [0.3, 0.4) is 0 Å². The molecule has 0 bridgehead atoms. The number of nitrogens with zero attached hydrogens (tertiary/aromatic N) is 3. The van der Waals surface area contributed by atoms with Gasteiger partial charge < -0.3 is 14.6 Å². The Balaban J connectivity index is 1.63. The van der Waals surface area contributed by atoms with Crippen LogP contribution in [0.25, 0.3) is 21.3 Å². The van der Waals surface area contributed by atoms with Gasteiger partial charge in [0.15, 0.2) is 5.82 Å². The number of aromatic nitrogens is 3. The molecule has 0 aliphatic rings. The van der Waals surface area contributed by atoms with Gasteiger partial charge in [0.05, 0.1) is 18.0 Å². The van der Waals surface area contributed by atoms with Crippen molar-refractivity contribution in [2.75, 3.05) is 12.4 Å². The molecule has 0 aliphatic heterocycles. The second kappa shape index (κ2) is 9.99. The monoisotopic (exact) mass is 468 g/mol. The van der Waals surface area contributed by atoms with Crippen LogP contribution < -0.4 is 10.9 Å². The zero-order valence-corrected chi connectivity index (χ0v) is 19.5. The van der Waals surface area contributed by atoms with Crippen LogP contribution in [0.2, 0.25) is 0 Å². The summed E-state index contributed by atoms with van der Waals surface area (Å²) >= 11 is 1.59. The highest BCUT2D eigenvalue weighted by atomic mass is 32.1. The molecule has 34 heavy (non-hydrogen) atoms. The Hall–Kier alpha value is -3.81. The predicted octanol–water partition coefficient (Wildman–Crippen LogP) is 5.52. The van der Waals surface area contributed by atoms with Crippen LogP contribution >= 0.6 is 11.3 Å².